The van der Waals surface area contributed by atoms with Gasteiger partial charge in [0.05, 0.1) is 6.54 Å². The number of amides is 3. The summed E-state index contributed by atoms with van der Waals surface area (Å²) in [6.07, 6.45) is 0. The topological polar surface area (TPSA) is 61.4 Å². The molecule has 1 rings (SSSR count). The van der Waals surface area contributed by atoms with Crippen LogP contribution in [0, 0.1) is 5.82 Å². The molecule has 2 N–H and O–H groups in total. The smallest absolute Gasteiger partial charge is 0.321 e. The minimum absolute atomic E-state index is 0.0399. The van der Waals surface area contributed by atoms with E-state index in [-0.39, 0.29) is 13.1 Å². The highest BCUT2D eigenvalue weighted by atomic mass is 35.5. The van der Waals surface area contributed by atoms with Gasteiger partial charge < -0.3 is 5.32 Å². The summed E-state index contributed by atoms with van der Waals surface area (Å²) in [5, 5.41) is 4.92. The molecule has 0 aliphatic heterocycles. The van der Waals surface area contributed by atoms with Gasteiger partial charge in [-0.05, 0) is 26.1 Å². The van der Waals surface area contributed by atoms with Gasteiger partial charge in [0, 0.05) is 23.7 Å². The molecule has 0 saturated carbocycles. The zero-order valence-electron chi connectivity index (χ0n) is 11.4. The first kappa shape index (κ1) is 16.4. The van der Waals surface area contributed by atoms with E-state index in [1.807, 2.05) is 0 Å². The average molecular weight is 302 g/mol. The minimum atomic E-state index is -0.546. The lowest BCUT2D eigenvalue weighted by molar-refractivity contribution is -0.120. The van der Waals surface area contributed by atoms with Gasteiger partial charge in [0.1, 0.15) is 5.82 Å². The lowest BCUT2D eigenvalue weighted by atomic mass is 10.2. The maximum absolute atomic E-state index is 13.6. The fourth-order valence-electron chi connectivity index (χ4n) is 1.63. The van der Waals surface area contributed by atoms with Crippen molar-refractivity contribution in [1.82, 2.24) is 15.5 Å². The Morgan fingerprint density at radius 3 is 2.70 bits per heavy atom. The molecule has 5 nitrogen and oxygen atoms in total. The number of hydrogen-bond donors (Lipinski definition) is 2. The van der Waals surface area contributed by atoms with E-state index in [0.717, 1.165) is 0 Å². The van der Waals surface area contributed by atoms with Crippen LogP contribution in [-0.4, -0.2) is 37.0 Å². The molecule has 110 valence electrons. The summed E-state index contributed by atoms with van der Waals surface area (Å²) in [5.41, 5.74) is 0.322. The molecule has 0 radical (unpaired) electrons. The Morgan fingerprint density at radius 2 is 2.10 bits per heavy atom. The Hall–Kier alpha value is -1.66. The molecule has 0 atom stereocenters. The Balaban J connectivity index is 2.53. The maximum atomic E-state index is 13.6. The summed E-state index contributed by atoms with van der Waals surface area (Å²) in [7, 11) is 1.64. The predicted molar refractivity (Wildman–Crippen MR) is 75.0 cm³/mol. The van der Waals surface area contributed by atoms with Crippen LogP contribution in [0.2, 0.25) is 5.02 Å². The normalized spacial score (nSPS) is 10.4. The van der Waals surface area contributed by atoms with Crippen molar-refractivity contribution in [1.29, 1.82) is 0 Å². The van der Waals surface area contributed by atoms with Gasteiger partial charge in [-0.2, -0.15) is 0 Å². The molecule has 0 bridgehead atoms. The molecule has 0 spiro atoms. The number of nitrogens with zero attached hydrogens (tertiary/aromatic N) is 1. The number of halogens is 2. The van der Waals surface area contributed by atoms with Crippen LogP contribution in [0.1, 0.15) is 12.5 Å². The molecule has 0 fully saturated rings. The maximum Gasteiger partial charge on any atom is 0.321 e. The van der Waals surface area contributed by atoms with Crippen molar-refractivity contribution < 1.29 is 14.0 Å². The number of hydrogen-bond acceptors (Lipinski definition) is 3. The van der Waals surface area contributed by atoms with Gasteiger partial charge in [0.2, 0.25) is 5.91 Å². The van der Waals surface area contributed by atoms with E-state index in [1.165, 1.54) is 12.1 Å². The standard InChI is InChI=1S/C13H17ClFN3O2/c1-3-16-13(20)17-12(19)8-18(2)7-9-10(14)5-4-6-11(9)15/h4-6H,3,7-8H2,1-2H3,(H2,16,17,19,20). The van der Waals surface area contributed by atoms with Gasteiger partial charge >= 0.3 is 6.03 Å². The molecule has 0 unspecified atom stereocenters. The van der Waals surface area contributed by atoms with Gasteiger partial charge in [-0.3, -0.25) is 15.0 Å². The molecule has 20 heavy (non-hydrogen) atoms. The van der Waals surface area contributed by atoms with Crippen LogP contribution in [0.5, 0.6) is 0 Å². The second-order valence-electron chi connectivity index (χ2n) is 4.28. The molecule has 1 aromatic rings. The molecule has 0 saturated heterocycles. The van der Waals surface area contributed by atoms with Crippen molar-refractivity contribution >= 4 is 23.5 Å². The summed E-state index contributed by atoms with van der Waals surface area (Å²) in [4.78, 5) is 24.3. The average Bonchev–Trinajstić information content (AvgIpc) is 2.34. The Bertz CT molecular complexity index is 476. The van der Waals surface area contributed by atoms with Crippen molar-refractivity contribution in [2.24, 2.45) is 0 Å². The Labute approximate surface area is 122 Å². The quantitative estimate of drug-likeness (QED) is 0.871. The molecule has 0 aliphatic rings. The highest BCUT2D eigenvalue weighted by Crippen LogP contribution is 2.20. The highest BCUT2D eigenvalue weighted by molar-refractivity contribution is 6.31. The number of rotatable bonds is 5. The summed E-state index contributed by atoms with van der Waals surface area (Å²) in [6.45, 7) is 2.31. The first-order chi connectivity index (χ1) is 9.43. The first-order valence-corrected chi connectivity index (χ1v) is 6.51. The minimum Gasteiger partial charge on any atom is -0.338 e. The monoisotopic (exact) mass is 301 g/mol. The third-order valence-corrected chi connectivity index (χ3v) is 2.85. The van der Waals surface area contributed by atoms with Crippen molar-refractivity contribution in [2.45, 2.75) is 13.5 Å². The summed E-state index contributed by atoms with van der Waals surface area (Å²) in [5.74, 6) is -0.889. The van der Waals surface area contributed by atoms with Gasteiger partial charge in [-0.15, -0.1) is 0 Å². The lowest BCUT2D eigenvalue weighted by Gasteiger charge is -2.17. The SMILES string of the molecule is CCNC(=O)NC(=O)CN(C)Cc1c(F)cccc1Cl. The van der Waals surface area contributed by atoms with Gasteiger partial charge in [-0.1, -0.05) is 17.7 Å². The van der Waals surface area contributed by atoms with E-state index in [4.69, 9.17) is 11.6 Å². The molecule has 3 amide bonds. The summed E-state index contributed by atoms with van der Waals surface area (Å²) >= 11 is 5.90. The third-order valence-electron chi connectivity index (χ3n) is 2.49. The third kappa shape index (κ3) is 5.14. The number of benzene rings is 1. The molecule has 7 heteroatoms. The Kier molecular flexibility index (Phi) is 6.41. The van der Waals surface area contributed by atoms with Crippen LogP contribution in [0.25, 0.3) is 0 Å². The second kappa shape index (κ2) is 7.81. The Morgan fingerprint density at radius 1 is 1.40 bits per heavy atom. The van der Waals surface area contributed by atoms with Crippen molar-refractivity contribution in [3.05, 3.63) is 34.6 Å². The molecular weight excluding hydrogens is 285 g/mol. The number of imide groups is 1. The highest BCUT2D eigenvalue weighted by Gasteiger charge is 2.13. The number of likely N-dealkylation sites (N-methyl/N-ethyl adjacent to an activating group) is 1. The fraction of sp³-hybridized carbons (Fsp3) is 0.385. The molecule has 0 aliphatic carbocycles. The number of carbonyl (C=O) groups is 2. The number of urea groups is 1. The number of nitrogens with one attached hydrogen (secondary N) is 2. The fourth-order valence-corrected chi connectivity index (χ4v) is 1.85. The molecule has 1 aromatic carbocycles. The van der Waals surface area contributed by atoms with E-state index >= 15 is 0 Å². The zero-order valence-corrected chi connectivity index (χ0v) is 12.1. The first-order valence-electron chi connectivity index (χ1n) is 6.13. The van der Waals surface area contributed by atoms with Gasteiger partial charge in [0.25, 0.3) is 0 Å². The van der Waals surface area contributed by atoms with Crippen molar-refractivity contribution in [3.63, 3.8) is 0 Å². The molecule has 0 heterocycles. The number of carbonyl (C=O) groups excluding carboxylic acids is 2. The second-order valence-corrected chi connectivity index (χ2v) is 4.69. The summed E-state index contributed by atoms with van der Waals surface area (Å²) in [6, 6.07) is 3.87. The van der Waals surface area contributed by atoms with E-state index in [0.29, 0.717) is 17.1 Å². The van der Waals surface area contributed by atoms with E-state index in [9.17, 15) is 14.0 Å². The van der Waals surface area contributed by atoms with Crippen molar-refractivity contribution in [3.8, 4) is 0 Å². The largest absolute Gasteiger partial charge is 0.338 e. The van der Waals surface area contributed by atoms with Crippen LogP contribution in [0.3, 0.4) is 0 Å². The predicted octanol–water partition coefficient (Wildman–Crippen LogP) is 1.76. The summed E-state index contributed by atoms with van der Waals surface area (Å²) < 4.78 is 13.6. The van der Waals surface area contributed by atoms with Crippen LogP contribution in [-0.2, 0) is 11.3 Å². The molecular formula is C13H17ClFN3O2. The zero-order chi connectivity index (χ0) is 15.1. The van der Waals surface area contributed by atoms with E-state index in [1.54, 1.807) is 24.9 Å². The van der Waals surface area contributed by atoms with Crippen LogP contribution in [0.15, 0.2) is 18.2 Å². The van der Waals surface area contributed by atoms with E-state index in [2.05, 4.69) is 10.6 Å². The van der Waals surface area contributed by atoms with Gasteiger partial charge in [-0.25, -0.2) is 9.18 Å². The van der Waals surface area contributed by atoms with E-state index < -0.39 is 17.8 Å². The molecule has 0 aromatic heterocycles. The van der Waals surface area contributed by atoms with Crippen LogP contribution < -0.4 is 10.6 Å². The van der Waals surface area contributed by atoms with Crippen LogP contribution >= 0.6 is 11.6 Å². The van der Waals surface area contributed by atoms with Crippen molar-refractivity contribution in [2.75, 3.05) is 20.1 Å². The lowest BCUT2D eigenvalue weighted by Crippen LogP contribution is -2.43. The van der Waals surface area contributed by atoms with Crippen LogP contribution in [0.4, 0.5) is 9.18 Å². The van der Waals surface area contributed by atoms with Gasteiger partial charge in [0.15, 0.2) is 0 Å².